The lowest BCUT2D eigenvalue weighted by molar-refractivity contribution is -0.137. The van der Waals surface area contributed by atoms with Crippen LogP contribution in [0.3, 0.4) is 0 Å². The van der Waals surface area contributed by atoms with Crippen molar-refractivity contribution in [3.63, 3.8) is 0 Å². The van der Waals surface area contributed by atoms with E-state index in [0.29, 0.717) is 17.2 Å². The van der Waals surface area contributed by atoms with Gasteiger partial charge in [-0.1, -0.05) is 56.7 Å². The summed E-state index contributed by atoms with van der Waals surface area (Å²) in [4.78, 5) is 11.4. The number of hydrogen-bond acceptors (Lipinski definition) is 2. The Bertz CT molecular complexity index is 1350. The molecule has 0 amide bonds. The van der Waals surface area contributed by atoms with Crippen LogP contribution in [0.2, 0.25) is 0 Å². The number of rotatable bonds is 10. The van der Waals surface area contributed by atoms with Crippen LogP contribution in [0.25, 0.3) is 11.1 Å². The molecule has 6 heteroatoms. The summed E-state index contributed by atoms with van der Waals surface area (Å²) in [6.45, 7) is 4.71. The van der Waals surface area contributed by atoms with Gasteiger partial charge >= 0.3 is 5.97 Å². The van der Waals surface area contributed by atoms with E-state index in [0.717, 1.165) is 60.9 Å². The van der Waals surface area contributed by atoms with Gasteiger partial charge < -0.3 is 9.84 Å². The van der Waals surface area contributed by atoms with E-state index in [1.807, 2.05) is 42.5 Å². The van der Waals surface area contributed by atoms with E-state index in [9.17, 15) is 23.1 Å². The number of carboxylic acid groups (broad SMARTS) is 1. The Morgan fingerprint density at radius 3 is 2.46 bits per heavy atom. The molecule has 0 unspecified atom stereocenters. The average molecular weight is 537 g/mol. The zero-order chi connectivity index (χ0) is 27.7. The quantitative estimate of drug-likeness (QED) is 0.281. The number of carbonyl (C=O) groups is 1. The van der Waals surface area contributed by atoms with Crippen LogP contribution >= 0.6 is 0 Å². The smallest absolute Gasteiger partial charge is 0.303 e. The Balaban J connectivity index is 1.44. The summed E-state index contributed by atoms with van der Waals surface area (Å²) in [5.41, 5.74) is 3.53. The summed E-state index contributed by atoms with van der Waals surface area (Å²) in [6, 6.07) is 17.0. The molecule has 0 radical (unpaired) electrons. The van der Waals surface area contributed by atoms with Crippen LogP contribution in [-0.2, 0) is 11.4 Å². The maximum absolute atomic E-state index is 15.0. The molecule has 206 valence electrons. The minimum atomic E-state index is -2.67. The van der Waals surface area contributed by atoms with E-state index in [2.05, 4.69) is 13.8 Å². The van der Waals surface area contributed by atoms with Crippen molar-refractivity contribution in [2.24, 2.45) is 11.3 Å². The molecule has 3 aromatic carbocycles. The number of benzene rings is 3. The highest BCUT2D eigenvalue weighted by Gasteiger charge is 2.37. The molecule has 2 atom stereocenters. The molecule has 0 aromatic heterocycles. The first-order valence-electron chi connectivity index (χ1n) is 13.8. The zero-order valence-corrected chi connectivity index (χ0v) is 22.4. The summed E-state index contributed by atoms with van der Waals surface area (Å²) in [5, 5.41) is 9.37. The van der Waals surface area contributed by atoms with Crippen LogP contribution in [0.15, 0.2) is 60.7 Å². The van der Waals surface area contributed by atoms with Crippen LogP contribution < -0.4 is 4.74 Å². The molecule has 3 nitrogen and oxygen atoms in total. The summed E-state index contributed by atoms with van der Waals surface area (Å²) < 4.78 is 48.1. The van der Waals surface area contributed by atoms with Gasteiger partial charge in [0.15, 0.2) is 0 Å². The van der Waals surface area contributed by atoms with Gasteiger partial charge in [0.2, 0.25) is 0 Å². The molecule has 39 heavy (non-hydrogen) atoms. The van der Waals surface area contributed by atoms with E-state index in [-0.39, 0.29) is 41.4 Å². The molecule has 0 spiro atoms. The van der Waals surface area contributed by atoms with Crippen molar-refractivity contribution >= 4 is 5.97 Å². The van der Waals surface area contributed by atoms with Crippen molar-refractivity contribution in [2.75, 3.05) is 0 Å². The maximum atomic E-state index is 15.0. The lowest BCUT2D eigenvalue weighted by Gasteiger charge is -2.30. The number of hydrogen-bond donors (Lipinski definition) is 1. The van der Waals surface area contributed by atoms with E-state index in [1.165, 1.54) is 6.07 Å². The average Bonchev–Trinajstić information content (AvgIpc) is 3.68. The van der Waals surface area contributed by atoms with Gasteiger partial charge in [-0.15, -0.1) is 0 Å². The molecule has 0 heterocycles. The van der Waals surface area contributed by atoms with Crippen molar-refractivity contribution < 1.29 is 27.8 Å². The molecule has 0 bridgehead atoms. The molecule has 0 saturated heterocycles. The highest BCUT2D eigenvalue weighted by atomic mass is 19.3. The first kappa shape index (κ1) is 27.3. The highest BCUT2D eigenvalue weighted by molar-refractivity contribution is 5.70. The molecule has 2 aliphatic rings. The molecule has 0 aliphatic heterocycles. The van der Waals surface area contributed by atoms with E-state index in [4.69, 9.17) is 4.74 Å². The van der Waals surface area contributed by atoms with Crippen molar-refractivity contribution in [3.8, 4) is 16.9 Å². The Hall–Kier alpha value is -3.28. The van der Waals surface area contributed by atoms with Crippen LogP contribution in [0.5, 0.6) is 5.75 Å². The third-order valence-electron chi connectivity index (χ3n) is 8.56. The van der Waals surface area contributed by atoms with E-state index < -0.39 is 18.2 Å². The SMILES string of the molecule is CC1(C)CCC[C@H]1c1cc(COc2cccc([C@H](CC(=O)O)C3CC3)c2)ccc1-c1cc(C(F)F)ccc1F. The third kappa shape index (κ3) is 6.15. The van der Waals surface area contributed by atoms with E-state index in [1.54, 1.807) is 0 Å². The molecular formula is C33H35F3O3. The van der Waals surface area contributed by atoms with Crippen LogP contribution in [-0.4, -0.2) is 11.1 Å². The van der Waals surface area contributed by atoms with Gasteiger partial charge in [-0.25, -0.2) is 13.2 Å². The van der Waals surface area contributed by atoms with Crippen LogP contribution in [0, 0.1) is 17.2 Å². The monoisotopic (exact) mass is 536 g/mol. The summed E-state index contributed by atoms with van der Waals surface area (Å²) >= 11 is 0. The molecular weight excluding hydrogens is 501 g/mol. The van der Waals surface area contributed by atoms with Crippen LogP contribution in [0.4, 0.5) is 13.2 Å². The minimum Gasteiger partial charge on any atom is -0.489 e. The van der Waals surface area contributed by atoms with Gasteiger partial charge in [0.05, 0.1) is 6.42 Å². The second-order valence-corrected chi connectivity index (χ2v) is 11.8. The molecule has 2 saturated carbocycles. The van der Waals surface area contributed by atoms with Gasteiger partial charge in [0.1, 0.15) is 18.2 Å². The van der Waals surface area contributed by atoms with Gasteiger partial charge in [0, 0.05) is 11.1 Å². The Labute approximate surface area is 228 Å². The van der Waals surface area contributed by atoms with Crippen molar-refractivity contribution in [1.82, 2.24) is 0 Å². The fraction of sp³-hybridized carbons (Fsp3) is 0.424. The number of alkyl halides is 2. The minimum absolute atomic E-state index is 0.00132. The van der Waals surface area contributed by atoms with Gasteiger partial charge in [-0.05, 0) is 95.4 Å². The Kier molecular flexibility index (Phi) is 7.75. The largest absolute Gasteiger partial charge is 0.489 e. The predicted octanol–water partition coefficient (Wildman–Crippen LogP) is 9.27. The second kappa shape index (κ2) is 11.1. The number of halogens is 3. The molecule has 1 N–H and O–H groups in total. The lowest BCUT2D eigenvalue weighted by atomic mass is 9.75. The normalized spacial score (nSPS) is 19.3. The van der Waals surface area contributed by atoms with Gasteiger partial charge in [0.25, 0.3) is 6.43 Å². The van der Waals surface area contributed by atoms with Crippen molar-refractivity contribution in [1.29, 1.82) is 0 Å². The fourth-order valence-corrected chi connectivity index (χ4v) is 6.27. The second-order valence-electron chi connectivity index (χ2n) is 11.8. The van der Waals surface area contributed by atoms with E-state index >= 15 is 0 Å². The number of carboxylic acids is 1. The highest BCUT2D eigenvalue weighted by Crippen LogP contribution is 2.51. The zero-order valence-electron chi connectivity index (χ0n) is 22.4. The summed E-state index contributed by atoms with van der Waals surface area (Å²) in [7, 11) is 0. The molecule has 5 rings (SSSR count). The first-order chi connectivity index (χ1) is 18.6. The summed E-state index contributed by atoms with van der Waals surface area (Å²) in [6.07, 6.45) is 2.60. The third-order valence-corrected chi connectivity index (χ3v) is 8.56. The maximum Gasteiger partial charge on any atom is 0.303 e. The lowest BCUT2D eigenvalue weighted by Crippen LogP contribution is -2.17. The predicted molar refractivity (Wildman–Crippen MR) is 146 cm³/mol. The van der Waals surface area contributed by atoms with Crippen molar-refractivity contribution in [3.05, 3.63) is 88.7 Å². The Morgan fingerprint density at radius 2 is 1.79 bits per heavy atom. The molecule has 2 aliphatic carbocycles. The summed E-state index contributed by atoms with van der Waals surface area (Å²) in [5.74, 6) is -0.0718. The number of ether oxygens (including phenoxy) is 1. The first-order valence-corrected chi connectivity index (χ1v) is 13.8. The van der Waals surface area contributed by atoms with Gasteiger partial charge in [-0.2, -0.15) is 0 Å². The fourth-order valence-electron chi connectivity index (χ4n) is 6.27. The standard InChI is InChI=1S/C33H35F3O3/c1-33(2)14-4-7-29(33)27-15-20(8-12-25(27)28-17-23(32(35)36)11-13-30(28)34)19-39-24-6-3-5-22(16-24)26(18-31(37)38)21-9-10-21/h3,5-6,8,11-13,15-17,21,26,29,32H,4,7,9-10,14,18-19H2,1-2H3,(H,37,38)/t26-,29+/m1/s1. The van der Waals surface area contributed by atoms with Crippen molar-refractivity contribution in [2.45, 2.75) is 77.2 Å². The topological polar surface area (TPSA) is 46.5 Å². The number of aliphatic carboxylic acids is 1. The molecule has 3 aromatic rings. The van der Waals surface area contributed by atoms with Gasteiger partial charge in [-0.3, -0.25) is 4.79 Å². The molecule has 2 fully saturated rings. The van der Waals surface area contributed by atoms with Crippen LogP contribution in [0.1, 0.15) is 92.9 Å². The Morgan fingerprint density at radius 1 is 1.00 bits per heavy atom.